The summed E-state index contributed by atoms with van der Waals surface area (Å²) in [5.41, 5.74) is 6.47. The van der Waals surface area contributed by atoms with Gasteiger partial charge in [0, 0.05) is 53.6 Å². The number of para-hydroxylation sites is 1. The summed E-state index contributed by atoms with van der Waals surface area (Å²) in [6.07, 6.45) is -0.0959. The van der Waals surface area contributed by atoms with Gasteiger partial charge >= 0.3 is 5.97 Å². The van der Waals surface area contributed by atoms with Gasteiger partial charge < -0.3 is 14.9 Å². The number of hydrogen-bond acceptors (Lipinski definition) is 5. The van der Waals surface area contributed by atoms with Gasteiger partial charge in [-0.05, 0) is 54.1 Å². The number of benzene rings is 4. The molecule has 1 N–H and O–H groups in total. The third-order valence-electron chi connectivity index (χ3n) is 7.27. The number of piperazine rings is 1. The van der Waals surface area contributed by atoms with Gasteiger partial charge in [0.1, 0.15) is 0 Å². The Kier molecular flexibility index (Phi) is 7.35. The van der Waals surface area contributed by atoms with Crippen molar-refractivity contribution < 1.29 is 14.7 Å². The molecule has 1 aliphatic rings. The lowest BCUT2D eigenvalue weighted by Gasteiger charge is -2.36. The number of halogens is 1. The molecule has 0 aliphatic carbocycles. The van der Waals surface area contributed by atoms with Crippen LogP contribution in [0.15, 0.2) is 97.1 Å². The Labute approximate surface area is 242 Å². The number of carbonyl (C=O) groups excluding carboxylic acids is 1. The molecule has 0 radical (unpaired) electrons. The Bertz CT molecular complexity index is 1730. The average Bonchev–Trinajstić information content (AvgIpc) is 3.00. The minimum absolute atomic E-state index is 0.0341. The largest absolute Gasteiger partial charge is 0.481 e. The van der Waals surface area contributed by atoms with Crippen LogP contribution in [-0.2, 0) is 11.2 Å². The molecule has 204 valence electrons. The van der Waals surface area contributed by atoms with Crippen molar-refractivity contribution in [3.8, 4) is 22.5 Å². The zero-order valence-corrected chi connectivity index (χ0v) is 23.0. The highest BCUT2D eigenvalue weighted by Gasteiger charge is 2.23. The van der Waals surface area contributed by atoms with Crippen LogP contribution in [0.25, 0.3) is 33.5 Å². The third kappa shape index (κ3) is 5.76. The molecule has 7 nitrogen and oxygen atoms in total. The summed E-state index contributed by atoms with van der Waals surface area (Å²) in [5, 5.41) is 9.92. The van der Waals surface area contributed by atoms with Gasteiger partial charge in [-0.25, -0.2) is 9.97 Å². The van der Waals surface area contributed by atoms with E-state index in [2.05, 4.69) is 17.0 Å². The molecule has 1 saturated heterocycles. The summed E-state index contributed by atoms with van der Waals surface area (Å²) in [5.74, 6) is -0.939. The average molecular weight is 563 g/mol. The lowest BCUT2D eigenvalue weighted by Crippen LogP contribution is -2.48. The van der Waals surface area contributed by atoms with E-state index >= 15 is 0 Å². The fraction of sp³-hybridized carbons (Fsp3) is 0.152. The topological polar surface area (TPSA) is 86.6 Å². The molecule has 0 atom stereocenters. The second-order valence-electron chi connectivity index (χ2n) is 10.0. The third-order valence-corrected chi connectivity index (χ3v) is 7.52. The standard InChI is InChI=1S/C33H27ClN4O3/c34-26-12-9-23(10-13-26)31-32(24-6-4-5-22(19-24)20-30(39)40)36-29-21-25(11-14-28(29)35-31)33(41)38-17-15-37(16-18-38)27-7-2-1-3-8-27/h1-14,19,21H,15-18,20H2,(H,39,40). The Balaban J connectivity index is 1.34. The van der Waals surface area contributed by atoms with E-state index in [0.29, 0.717) is 51.7 Å². The number of fused-ring (bicyclic) bond motifs is 1. The Morgan fingerprint density at radius 3 is 2.17 bits per heavy atom. The van der Waals surface area contributed by atoms with Gasteiger partial charge in [-0.3, -0.25) is 9.59 Å². The molecule has 5 aromatic rings. The van der Waals surface area contributed by atoms with Crippen LogP contribution in [0.2, 0.25) is 5.02 Å². The number of nitrogens with zero attached hydrogens (tertiary/aromatic N) is 4. The summed E-state index contributed by atoms with van der Waals surface area (Å²) >= 11 is 6.14. The summed E-state index contributed by atoms with van der Waals surface area (Å²) in [6, 6.07) is 30.4. The molecule has 1 fully saturated rings. The summed E-state index contributed by atoms with van der Waals surface area (Å²) < 4.78 is 0. The number of hydrogen-bond donors (Lipinski definition) is 1. The second kappa shape index (κ2) is 11.4. The minimum Gasteiger partial charge on any atom is -0.481 e. The van der Waals surface area contributed by atoms with E-state index in [-0.39, 0.29) is 12.3 Å². The molecule has 2 heterocycles. The fourth-order valence-corrected chi connectivity index (χ4v) is 5.32. The van der Waals surface area contributed by atoms with Gasteiger partial charge in [0.15, 0.2) is 0 Å². The molecule has 1 amide bonds. The highest BCUT2D eigenvalue weighted by molar-refractivity contribution is 6.30. The highest BCUT2D eigenvalue weighted by Crippen LogP contribution is 2.32. The predicted octanol–water partition coefficient (Wildman–Crippen LogP) is 6.21. The number of anilines is 1. The van der Waals surface area contributed by atoms with Crippen molar-refractivity contribution in [1.82, 2.24) is 14.9 Å². The van der Waals surface area contributed by atoms with Crippen molar-refractivity contribution in [1.29, 1.82) is 0 Å². The molecule has 4 aromatic carbocycles. The number of carbonyl (C=O) groups is 2. The van der Waals surface area contributed by atoms with Crippen molar-refractivity contribution in [3.05, 3.63) is 113 Å². The first kappa shape index (κ1) is 26.5. The normalized spacial score (nSPS) is 13.4. The molecule has 0 saturated carbocycles. The van der Waals surface area contributed by atoms with Crippen molar-refractivity contribution in [2.24, 2.45) is 0 Å². The van der Waals surface area contributed by atoms with Gasteiger partial charge in [-0.1, -0.05) is 60.1 Å². The first-order valence-electron chi connectivity index (χ1n) is 13.4. The maximum atomic E-state index is 13.5. The zero-order chi connectivity index (χ0) is 28.3. The maximum absolute atomic E-state index is 13.5. The van der Waals surface area contributed by atoms with Gasteiger partial charge in [-0.2, -0.15) is 0 Å². The number of amides is 1. The van der Waals surface area contributed by atoms with Crippen LogP contribution in [0.4, 0.5) is 5.69 Å². The number of carboxylic acids is 1. The van der Waals surface area contributed by atoms with E-state index in [4.69, 9.17) is 21.6 Å². The van der Waals surface area contributed by atoms with Crippen LogP contribution >= 0.6 is 11.6 Å². The van der Waals surface area contributed by atoms with E-state index in [9.17, 15) is 14.7 Å². The quantitative estimate of drug-likeness (QED) is 0.265. The Morgan fingerprint density at radius 2 is 1.44 bits per heavy atom. The van der Waals surface area contributed by atoms with Gasteiger partial charge in [-0.15, -0.1) is 0 Å². The van der Waals surface area contributed by atoms with E-state index in [1.807, 2.05) is 65.6 Å². The Hall–Kier alpha value is -4.75. The second-order valence-corrected chi connectivity index (χ2v) is 10.5. The number of rotatable bonds is 6. The van der Waals surface area contributed by atoms with Gasteiger partial charge in [0.2, 0.25) is 0 Å². The lowest BCUT2D eigenvalue weighted by atomic mass is 10.0. The van der Waals surface area contributed by atoms with E-state index in [0.717, 1.165) is 29.9 Å². The number of aromatic nitrogens is 2. The van der Waals surface area contributed by atoms with Crippen LogP contribution in [0.1, 0.15) is 15.9 Å². The minimum atomic E-state index is -0.905. The molecule has 8 heteroatoms. The van der Waals surface area contributed by atoms with E-state index < -0.39 is 5.97 Å². The predicted molar refractivity (Wildman–Crippen MR) is 161 cm³/mol. The molecule has 1 aliphatic heterocycles. The molecule has 0 unspecified atom stereocenters. The van der Waals surface area contributed by atoms with Gasteiger partial charge in [0.05, 0.1) is 28.8 Å². The Morgan fingerprint density at radius 1 is 0.732 bits per heavy atom. The summed E-state index contributed by atoms with van der Waals surface area (Å²) in [6.45, 7) is 2.80. The molecule has 1 aromatic heterocycles. The van der Waals surface area contributed by atoms with Crippen molar-refractivity contribution >= 4 is 40.2 Å². The van der Waals surface area contributed by atoms with E-state index in [1.54, 1.807) is 24.3 Å². The number of carboxylic acid groups (broad SMARTS) is 1. The number of aliphatic carboxylic acids is 1. The van der Waals surface area contributed by atoms with Crippen LogP contribution in [-0.4, -0.2) is 58.0 Å². The van der Waals surface area contributed by atoms with Crippen molar-refractivity contribution in [3.63, 3.8) is 0 Å². The van der Waals surface area contributed by atoms with Crippen LogP contribution in [0, 0.1) is 0 Å². The lowest BCUT2D eigenvalue weighted by molar-refractivity contribution is -0.136. The first-order chi connectivity index (χ1) is 19.9. The van der Waals surface area contributed by atoms with Crippen LogP contribution in [0.3, 0.4) is 0 Å². The van der Waals surface area contributed by atoms with Gasteiger partial charge in [0.25, 0.3) is 5.91 Å². The van der Waals surface area contributed by atoms with E-state index in [1.165, 1.54) is 0 Å². The van der Waals surface area contributed by atoms with Crippen LogP contribution in [0.5, 0.6) is 0 Å². The molecule has 0 spiro atoms. The molecule has 41 heavy (non-hydrogen) atoms. The molecule has 6 rings (SSSR count). The molecular weight excluding hydrogens is 536 g/mol. The van der Waals surface area contributed by atoms with Crippen LogP contribution < -0.4 is 4.90 Å². The first-order valence-corrected chi connectivity index (χ1v) is 13.8. The highest BCUT2D eigenvalue weighted by atomic mass is 35.5. The zero-order valence-electron chi connectivity index (χ0n) is 22.2. The SMILES string of the molecule is O=C(O)Cc1cccc(-c2nc3cc(C(=O)N4CCN(c5ccccc5)CC4)ccc3nc2-c2ccc(Cl)cc2)c1. The maximum Gasteiger partial charge on any atom is 0.307 e. The molecular formula is C33H27ClN4O3. The fourth-order valence-electron chi connectivity index (χ4n) is 5.19. The monoisotopic (exact) mass is 562 g/mol. The smallest absolute Gasteiger partial charge is 0.307 e. The summed E-state index contributed by atoms with van der Waals surface area (Å²) in [7, 11) is 0. The van der Waals surface area contributed by atoms with Crippen molar-refractivity contribution in [2.75, 3.05) is 31.1 Å². The van der Waals surface area contributed by atoms with Crippen molar-refractivity contribution in [2.45, 2.75) is 6.42 Å². The molecule has 0 bridgehead atoms. The summed E-state index contributed by atoms with van der Waals surface area (Å²) in [4.78, 5) is 39.0.